The van der Waals surface area contributed by atoms with Gasteiger partial charge in [-0.2, -0.15) is 0 Å². The van der Waals surface area contributed by atoms with Crippen LogP contribution in [0.2, 0.25) is 0 Å². The van der Waals surface area contributed by atoms with Crippen molar-refractivity contribution in [3.8, 4) is 0 Å². The first-order valence-electron chi connectivity index (χ1n) is 0. The smallest absolute Gasteiger partial charge is 0 e. The molecule has 0 unspecified atom stereocenters. The predicted octanol–water partition coefficient (Wildman–Crippen LogP) is -2.75. The fourth-order valence-corrected chi connectivity index (χ4v) is 0. The summed E-state index contributed by atoms with van der Waals surface area (Å²) < 4.78 is 0. The summed E-state index contributed by atoms with van der Waals surface area (Å²) in [4.78, 5) is 0. The largest absolute Gasteiger partial charge is 0.316 e. The molecule has 0 atom stereocenters. The van der Waals surface area contributed by atoms with Crippen LogP contribution in [0.3, 0.4) is 0 Å². The van der Waals surface area contributed by atoms with E-state index in [1.165, 1.54) is 0 Å². The molecule has 0 saturated heterocycles. The molecule has 4 heavy (non-hydrogen) atoms. The SMILES string of the molecule is B.[KH].[MgH2].[Zn]. The Morgan fingerprint density at radius 2 is 1.00 bits per heavy atom. The van der Waals surface area contributed by atoms with E-state index in [2.05, 4.69) is 0 Å². The molecule has 0 aromatic heterocycles. The number of rotatable bonds is 0. The van der Waals surface area contributed by atoms with E-state index >= 15 is 0 Å². The third-order valence-electron chi connectivity index (χ3n) is 0. The normalized spacial score (nSPS) is 0. The van der Waals surface area contributed by atoms with Crippen molar-refractivity contribution < 1.29 is 19.5 Å². The molecule has 0 aliphatic rings. The van der Waals surface area contributed by atoms with Crippen LogP contribution in [0.4, 0.5) is 0 Å². The van der Waals surface area contributed by atoms with Crippen molar-refractivity contribution in [2.75, 3.05) is 0 Å². The van der Waals surface area contributed by atoms with E-state index in [9.17, 15) is 0 Å². The fraction of sp³-hybridized carbons (Fsp3) is 0. The van der Waals surface area contributed by atoms with Crippen LogP contribution >= 0.6 is 0 Å². The van der Waals surface area contributed by atoms with Crippen molar-refractivity contribution in [1.82, 2.24) is 0 Å². The molecule has 0 aromatic carbocycles. The van der Waals surface area contributed by atoms with Crippen molar-refractivity contribution in [2.24, 2.45) is 0 Å². The maximum absolute atomic E-state index is 0. The molecule has 0 nitrogen and oxygen atoms in total. The van der Waals surface area contributed by atoms with E-state index in [1.54, 1.807) is 0 Å². The maximum atomic E-state index is 0. The van der Waals surface area contributed by atoms with Gasteiger partial charge in [0.1, 0.15) is 0 Å². The van der Waals surface area contributed by atoms with E-state index in [0.29, 0.717) is 0 Å². The molecular formula is H6BKMgZn. The fourth-order valence-electron chi connectivity index (χ4n) is 0. The number of hydrogen-bond acceptors (Lipinski definition) is 0. The molecule has 0 bridgehead atoms. The molecule has 0 rings (SSSR count). The summed E-state index contributed by atoms with van der Waals surface area (Å²) in [6.45, 7) is 0. The van der Waals surface area contributed by atoms with Crippen LogP contribution < -0.4 is 0 Å². The van der Waals surface area contributed by atoms with E-state index in [1.807, 2.05) is 0 Å². The first-order valence-corrected chi connectivity index (χ1v) is 0. The Balaban J connectivity index is 0. The summed E-state index contributed by atoms with van der Waals surface area (Å²) in [5.74, 6) is 0. The molecule has 0 fully saturated rings. The monoisotopic (exact) mass is 144 g/mol. The zero-order valence-electron chi connectivity index (χ0n) is 0.707. The quantitative estimate of drug-likeness (QED) is 0.325. The third-order valence-corrected chi connectivity index (χ3v) is 0. The Labute approximate surface area is 99.8 Å². The molecule has 0 amide bonds. The molecule has 4 heteroatoms. The van der Waals surface area contributed by atoms with Gasteiger partial charge in [-0.15, -0.1) is 0 Å². The van der Waals surface area contributed by atoms with Gasteiger partial charge in [-0.05, 0) is 0 Å². The molecule has 0 saturated carbocycles. The van der Waals surface area contributed by atoms with Gasteiger partial charge in [0.05, 0.1) is 8.41 Å². The Kier molecular flexibility index (Phi) is 114. The second kappa shape index (κ2) is 16.5. The second-order valence-corrected chi connectivity index (χ2v) is 0. The van der Waals surface area contributed by atoms with Gasteiger partial charge in [0.15, 0.2) is 0 Å². The van der Waals surface area contributed by atoms with Gasteiger partial charge in [0.2, 0.25) is 0 Å². The Morgan fingerprint density at radius 3 is 1.00 bits per heavy atom. The molecule has 0 spiro atoms. The van der Waals surface area contributed by atoms with Crippen LogP contribution in [0.15, 0.2) is 0 Å². The standard InChI is InChI=1S/BH3.K.Mg.Zn.3H/h1H3;;;;;;. The summed E-state index contributed by atoms with van der Waals surface area (Å²) in [5, 5.41) is 0. The van der Waals surface area contributed by atoms with E-state index < -0.39 is 0 Å². The van der Waals surface area contributed by atoms with Crippen LogP contribution in [0.25, 0.3) is 0 Å². The van der Waals surface area contributed by atoms with Gasteiger partial charge in [-0.3, -0.25) is 0 Å². The third kappa shape index (κ3) is 8.92. The summed E-state index contributed by atoms with van der Waals surface area (Å²) in [7, 11) is 0. The molecule has 0 radical (unpaired) electrons. The minimum atomic E-state index is 0. The average molecular weight is 146 g/mol. The number of hydrogen-bond donors (Lipinski definition) is 0. The molecule has 14 valence electrons. The van der Waals surface area contributed by atoms with Crippen LogP contribution in [0, 0.1) is 0 Å². The van der Waals surface area contributed by atoms with Crippen LogP contribution in [0.1, 0.15) is 0 Å². The van der Waals surface area contributed by atoms with Crippen molar-refractivity contribution in [3.63, 3.8) is 0 Å². The van der Waals surface area contributed by atoms with E-state index in [0.717, 1.165) is 0 Å². The summed E-state index contributed by atoms with van der Waals surface area (Å²) in [6, 6.07) is 0. The molecule has 0 N–H and O–H groups in total. The summed E-state index contributed by atoms with van der Waals surface area (Å²) >= 11 is 0. The van der Waals surface area contributed by atoms with E-state index in [4.69, 9.17) is 0 Å². The molecule has 0 aromatic rings. The topological polar surface area (TPSA) is 0 Å². The minimum absolute atomic E-state index is 0. The van der Waals surface area contributed by atoms with Gasteiger partial charge in [-0.1, -0.05) is 0 Å². The average Bonchev–Trinajstić information content (AvgIpc) is 0. The van der Waals surface area contributed by atoms with Crippen molar-refractivity contribution >= 4 is 82.9 Å². The van der Waals surface area contributed by atoms with Crippen molar-refractivity contribution in [2.45, 2.75) is 0 Å². The zero-order chi connectivity index (χ0) is 0. The second-order valence-electron chi connectivity index (χ2n) is 0. The summed E-state index contributed by atoms with van der Waals surface area (Å²) in [5.41, 5.74) is 0. The minimum Gasteiger partial charge on any atom is 0 e. The van der Waals surface area contributed by atoms with Gasteiger partial charge in [0, 0.05) is 19.5 Å². The Morgan fingerprint density at radius 1 is 1.00 bits per heavy atom. The van der Waals surface area contributed by atoms with Crippen LogP contribution in [0.5, 0.6) is 0 Å². The molecule has 0 aliphatic carbocycles. The van der Waals surface area contributed by atoms with E-state index in [-0.39, 0.29) is 102 Å². The van der Waals surface area contributed by atoms with Gasteiger partial charge >= 0.3 is 74.4 Å². The first-order chi connectivity index (χ1) is 0. The van der Waals surface area contributed by atoms with Gasteiger partial charge in [0.25, 0.3) is 0 Å². The Bertz CT molecular complexity index is 8.00. The van der Waals surface area contributed by atoms with Crippen LogP contribution in [-0.4, -0.2) is 82.9 Å². The van der Waals surface area contributed by atoms with Crippen molar-refractivity contribution in [3.05, 3.63) is 0 Å². The molecule has 0 heterocycles. The van der Waals surface area contributed by atoms with Crippen molar-refractivity contribution in [1.29, 1.82) is 0 Å². The summed E-state index contributed by atoms with van der Waals surface area (Å²) in [6.07, 6.45) is 0. The van der Waals surface area contributed by atoms with Gasteiger partial charge in [-0.25, -0.2) is 0 Å². The van der Waals surface area contributed by atoms with Gasteiger partial charge < -0.3 is 0 Å². The predicted molar refractivity (Wildman–Crippen MR) is 25.6 cm³/mol. The molecule has 0 aliphatic heterocycles. The Hall–Kier alpha value is 3.09. The first kappa shape index (κ1) is 27.5. The maximum Gasteiger partial charge on any atom is 0.316 e. The zero-order valence-corrected chi connectivity index (χ0v) is 3.67. The van der Waals surface area contributed by atoms with Crippen LogP contribution in [-0.2, 0) is 19.5 Å². The molecular weight excluding hydrogens is 140 g/mol.